The minimum Gasteiger partial charge on any atom is -0.469 e. The first-order valence-corrected chi connectivity index (χ1v) is 10.4. The first kappa shape index (κ1) is 19.7. The molecule has 1 aromatic carbocycles. The zero-order valence-electron chi connectivity index (χ0n) is 15.9. The fourth-order valence-electron chi connectivity index (χ4n) is 3.23. The van der Waals surface area contributed by atoms with E-state index in [9.17, 15) is 9.18 Å². The number of anilines is 1. The normalized spacial score (nSPS) is 16.3. The molecule has 0 aliphatic carbocycles. The van der Waals surface area contributed by atoms with Gasteiger partial charge in [0, 0.05) is 12.3 Å². The minimum absolute atomic E-state index is 0.101. The van der Waals surface area contributed by atoms with Gasteiger partial charge in [-0.2, -0.15) is 0 Å². The molecule has 2 aromatic heterocycles. The summed E-state index contributed by atoms with van der Waals surface area (Å²) in [6.45, 7) is 3.26. The number of nitrogens with zero attached hydrogens (tertiary/aromatic N) is 3. The zero-order chi connectivity index (χ0) is 20.2. The van der Waals surface area contributed by atoms with Crippen molar-refractivity contribution >= 4 is 23.4 Å². The van der Waals surface area contributed by atoms with Gasteiger partial charge in [-0.1, -0.05) is 11.8 Å². The van der Waals surface area contributed by atoms with Crippen molar-refractivity contribution in [2.45, 2.75) is 37.6 Å². The first-order valence-electron chi connectivity index (χ1n) is 9.37. The largest absolute Gasteiger partial charge is 0.469 e. The molecule has 3 aromatic rings. The fraction of sp³-hybridized carbons (Fsp3) is 0.350. The third-order valence-corrected chi connectivity index (χ3v) is 5.65. The molecular weight excluding hydrogens is 395 g/mol. The number of furan rings is 1. The molecule has 1 amide bonds. The second kappa shape index (κ2) is 8.79. The molecular formula is C20H21FN4O3S. The number of benzene rings is 1. The summed E-state index contributed by atoms with van der Waals surface area (Å²) in [6, 6.07) is 7.53. The van der Waals surface area contributed by atoms with E-state index in [0.717, 1.165) is 30.8 Å². The van der Waals surface area contributed by atoms with Gasteiger partial charge in [-0.25, -0.2) is 4.39 Å². The molecule has 29 heavy (non-hydrogen) atoms. The predicted octanol–water partition coefficient (Wildman–Crippen LogP) is 3.90. The Kier molecular flexibility index (Phi) is 5.96. The number of aromatic nitrogens is 3. The van der Waals surface area contributed by atoms with E-state index in [2.05, 4.69) is 15.5 Å². The molecule has 0 spiro atoms. The number of aryl methyl sites for hydroxylation is 1. The molecule has 3 heterocycles. The molecule has 1 N–H and O–H groups in total. The van der Waals surface area contributed by atoms with Gasteiger partial charge >= 0.3 is 0 Å². The average Bonchev–Trinajstić information content (AvgIpc) is 3.44. The Morgan fingerprint density at radius 1 is 1.31 bits per heavy atom. The Bertz CT molecular complexity index is 980. The molecule has 1 atom stereocenters. The Balaban J connectivity index is 1.48. The molecule has 0 bridgehead atoms. The summed E-state index contributed by atoms with van der Waals surface area (Å²) < 4.78 is 26.2. The maximum absolute atomic E-state index is 13.0. The van der Waals surface area contributed by atoms with Gasteiger partial charge in [-0.3, -0.25) is 9.36 Å². The number of rotatable bonds is 7. The maximum Gasteiger partial charge on any atom is 0.234 e. The van der Waals surface area contributed by atoms with Crippen molar-refractivity contribution < 1.29 is 18.3 Å². The Morgan fingerprint density at radius 3 is 2.83 bits per heavy atom. The fourth-order valence-corrected chi connectivity index (χ4v) is 3.98. The highest BCUT2D eigenvalue weighted by Crippen LogP contribution is 2.29. The van der Waals surface area contributed by atoms with Crippen LogP contribution in [0.5, 0.6) is 0 Å². The van der Waals surface area contributed by atoms with Crippen LogP contribution in [0, 0.1) is 12.7 Å². The van der Waals surface area contributed by atoms with Crippen LogP contribution in [0.15, 0.2) is 46.2 Å². The van der Waals surface area contributed by atoms with E-state index < -0.39 is 0 Å². The van der Waals surface area contributed by atoms with Gasteiger partial charge in [0.25, 0.3) is 0 Å². The van der Waals surface area contributed by atoms with Crippen molar-refractivity contribution in [1.82, 2.24) is 14.8 Å². The van der Waals surface area contributed by atoms with Gasteiger partial charge in [0.05, 0.1) is 30.2 Å². The number of hydrogen-bond acceptors (Lipinski definition) is 6. The Hall–Kier alpha value is -2.65. The molecule has 1 aliphatic heterocycles. The summed E-state index contributed by atoms with van der Waals surface area (Å²) in [5, 5.41) is 12.0. The highest BCUT2D eigenvalue weighted by Gasteiger charge is 2.23. The van der Waals surface area contributed by atoms with Gasteiger partial charge in [0.15, 0.2) is 11.0 Å². The number of carbonyl (C=O) groups is 1. The van der Waals surface area contributed by atoms with Crippen LogP contribution in [0.2, 0.25) is 0 Å². The minimum atomic E-state index is -0.346. The zero-order valence-corrected chi connectivity index (χ0v) is 16.7. The lowest BCUT2D eigenvalue weighted by Crippen LogP contribution is -2.18. The third-order valence-electron chi connectivity index (χ3n) is 4.69. The number of thioether (sulfide) groups is 1. The van der Waals surface area contributed by atoms with Crippen LogP contribution in [0.3, 0.4) is 0 Å². The van der Waals surface area contributed by atoms with Crippen LogP contribution >= 0.6 is 11.8 Å². The lowest BCUT2D eigenvalue weighted by atomic mass is 10.2. The van der Waals surface area contributed by atoms with E-state index in [4.69, 9.17) is 9.15 Å². The van der Waals surface area contributed by atoms with Gasteiger partial charge in [-0.15, -0.1) is 10.2 Å². The molecule has 9 heteroatoms. The lowest BCUT2D eigenvalue weighted by molar-refractivity contribution is -0.113. The van der Waals surface area contributed by atoms with E-state index >= 15 is 0 Å². The lowest BCUT2D eigenvalue weighted by Gasteiger charge is -2.14. The SMILES string of the molecule is Cc1occc1-c1nnc(SCC(=O)Nc2ccc(F)cc2)n1CC1CCCO1. The number of halogens is 1. The van der Waals surface area contributed by atoms with Crippen LogP contribution in [0.25, 0.3) is 11.4 Å². The van der Waals surface area contributed by atoms with Crippen molar-refractivity contribution in [2.24, 2.45) is 0 Å². The molecule has 0 radical (unpaired) electrons. The van der Waals surface area contributed by atoms with Crippen molar-refractivity contribution in [3.05, 3.63) is 48.2 Å². The predicted molar refractivity (Wildman–Crippen MR) is 107 cm³/mol. The van der Waals surface area contributed by atoms with Crippen molar-refractivity contribution in [1.29, 1.82) is 0 Å². The summed E-state index contributed by atoms with van der Waals surface area (Å²) in [5.41, 5.74) is 1.42. The molecule has 7 nitrogen and oxygen atoms in total. The van der Waals surface area contributed by atoms with Crippen molar-refractivity contribution in [3.63, 3.8) is 0 Å². The molecule has 1 saturated heterocycles. The first-order chi connectivity index (χ1) is 14.1. The van der Waals surface area contributed by atoms with Crippen LogP contribution in [0.1, 0.15) is 18.6 Å². The van der Waals surface area contributed by atoms with Gasteiger partial charge in [0.1, 0.15) is 11.6 Å². The second-order valence-electron chi connectivity index (χ2n) is 6.79. The summed E-state index contributed by atoms with van der Waals surface area (Å²) in [5.74, 6) is 1.08. The molecule has 0 saturated carbocycles. The molecule has 1 unspecified atom stereocenters. The smallest absolute Gasteiger partial charge is 0.234 e. The summed E-state index contributed by atoms with van der Waals surface area (Å²) in [4.78, 5) is 12.3. The number of carbonyl (C=O) groups excluding carboxylic acids is 1. The van der Waals surface area contributed by atoms with E-state index in [1.165, 1.54) is 36.0 Å². The molecule has 152 valence electrons. The van der Waals surface area contributed by atoms with Crippen LogP contribution in [0.4, 0.5) is 10.1 Å². The standard InChI is InChI=1S/C20H21FN4O3S/c1-13-17(8-10-27-13)19-23-24-20(25(19)11-16-3-2-9-28-16)29-12-18(26)22-15-6-4-14(21)5-7-15/h4-8,10,16H,2-3,9,11-12H2,1H3,(H,22,26). The van der Waals surface area contributed by atoms with Crippen molar-refractivity contribution in [2.75, 3.05) is 17.7 Å². The number of nitrogens with one attached hydrogen (secondary N) is 1. The molecule has 1 fully saturated rings. The maximum atomic E-state index is 13.0. The summed E-state index contributed by atoms with van der Waals surface area (Å²) >= 11 is 1.30. The molecule has 4 rings (SSSR count). The number of ether oxygens (including phenoxy) is 1. The number of amides is 1. The van der Waals surface area contributed by atoms with Crippen LogP contribution in [-0.4, -0.2) is 39.1 Å². The summed E-state index contributed by atoms with van der Waals surface area (Å²) in [6.07, 6.45) is 3.75. The molecule has 1 aliphatic rings. The van der Waals surface area contributed by atoms with E-state index in [0.29, 0.717) is 23.2 Å². The monoisotopic (exact) mass is 416 g/mol. The van der Waals surface area contributed by atoms with Gasteiger partial charge in [-0.05, 0) is 50.1 Å². The second-order valence-corrected chi connectivity index (χ2v) is 7.73. The summed E-state index contributed by atoms with van der Waals surface area (Å²) in [7, 11) is 0. The highest BCUT2D eigenvalue weighted by molar-refractivity contribution is 7.99. The van der Waals surface area contributed by atoms with Gasteiger partial charge < -0.3 is 14.5 Å². The average molecular weight is 416 g/mol. The highest BCUT2D eigenvalue weighted by atomic mass is 32.2. The van der Waals surface area contributed by atoms with Crippen LogP contribution in [-0.2, 0) is 16.1 Å². The van der Waals surface area contributed by atoms with E-state index in [-0.39, 0.29) is 23.6 Å². The Morgan fingerprint density at radius 2 is 2.14 bits per heavy atom. The van der Waals surface area contributed by atoms with E-state index in [1.54, 1.807) is 6.26 Å². The number of hydrogen-bond donors (Lipinski definition) is 1. The topological polar surface area (TPSA) is 82.2 Å². The third kappa shape index (κ3) is 4.68. The van der Waals surface area contributed by atoms with Gasteiger partial charge in [0.2, 0.25) is 5.91 Å². The quantitative estimate of drug-likeness (QED) is 0.589. The Labute approximate surface area is 171 Å². The van der Waals surface area contributed by atoms with E-state index in [1.807, 2.05) is 17.6 Å². The van der Waals surface area contributed by atoms with Crippen LogP contribution < -0.4 is 5.32 Å². The van der Waals surface area contributed by atoms with Crippen molar-refractivity contribution in [3.8, 4) is 11.4 Å².